The highest BCUT2D eigenvalue weighted by Gasteiger charge is 2.25. The first-order chi connectivity index (χ1) is 14.6. The lowest BCUT2D eigenvalue weighted by molar-refractivity contribution is 0.0941. The van der Waals surface area contributed by atoms with Crippen LogP contribution in [0.15, 0.2) is 59.8 Å². The van der Waals surface area contributed by atoms with Crippen LogP contribution in [0.25, 0.3) is 0 Å². The van der Waals surface area contributed by atoms with Crippen molar-refractivity contribution in [2.75, 3.05) is 0 Å². The Morgan fingerprint density at radius 1 is 1.19 bits per heavy atom. The average Bonchev–Trinajstić information content (AvgIpc) is 3.10. The van der Waals surface area contributed by atoms with Gasteiger partial charge in [-0.3, -0.25) is 4.79 Å². The minimum absolute atomic E-state index is 0.0242. The highest BCUT2D eigenvalue weighted by molar-refractivity contribution is 7.89. The van der Waals surface area contributed by atoms with Crippen LogP contribution in [0.2, 0.25) is 5.02 Å². The summed E-state index contributed by atoms with van der Waals surface area (Å²) in [6.07, 6.45) is 3.26. The summed E-state index contributed by atoms with van der Waals surface area (Å²) in [6, 6.07) is 8.58. The molecule has 7 nitrogen and oxygen atoms in total. The van der Waals surface area contributed by atoms with Crippen LogP contribution in [-0.2, 0) is 17.1 Å². The predicted molar refractivity (Wildman–Crippen MR) is 116 cm³/mol. The van der Waals surface area contributed by atoms with E-state index in [0.717, 1.165) is 0 Å². The lowest BCUT2D eigenvalue weighted by Crippen LogP contribution is -2.32. The molecule has 2 N–H and O–H groups in total. The molecule has 0 aliphatic carbocycles. The van der Waals surface area contributed by atoms with Gasteiger partial charge in [-0.1, -0.05) is 23.7 Å². The van der Waals surface area contributed by atoms with Gasteiger partial charge < -0.3 is 9.88 Å². The minimum atomic E-state index is -3.82. The van der Waals surface area contributed by atoms with Crippen molar-refractivity contribution >= 4 is 27.5 Å². The van der Waals surface area contributed by atoms with E-state index in [1.807, 2.05) is 0 Å². The number of hydrogen-bond acceptors (Lipinski definition) is 4. The van der Waals surface area contributed by atoms with Crippen molar-refractivity contribution in [2.45, 2.75) is 30.8 Å². The van der Waals surface area contributed by atoms with Gasteiger partial charge in [0.1, 0.15) is 17.7 Å². The molecule has 0 spiro atoms. The second-order valence-electron chi connectivity index (χ2n) is 7.28. The second kappa shape index (κ2) is 9.17. The SMILES string of the molecule is CC(C)NS(=O)(=O)c1ccc(Cl)c(C(=O)NC(c2cccc(F)c2)c2nccn2C)c1. The van der Waals surface area contributed by atoms with Crippen molar-refractivity contribution in [2.24, 2.45) is 7.05 Å². The maximum absolute atomic E-state index is 13.8. The quantitative estimate of drug-likeness (QED) is 0.560. The molecule has 0 fully saturated rings. The van der Waals surface area contributed by atoms with E-state index < -0.39 is 27.8 Å². The molecule has 1 heterocycles. The van der Waals surface area contributed by atoms with Crippen LogP contribution in [0.3, 0.4) is 0 Å². The van der Waals surface area contributed by atoms with Crippen LogP contribution in [0.1, 0.15) is 41.6 Å². The molecule has 3 rings (SSSR count). The first-order valence-electron chi connectivity index (χ1n) is 9.44. The number of hydrogen-bond donors (Lipinski definition) is 2. The van der Waals surface area contributed by atoms with E-state index >= 15 is 0 Å². The third-order valence-electron chi connectivity index (χ3n) is 4.46. The van der Waals surface area contributed by atoms with Gasteiger partial charge in [0.2, 0.25) is 10.0 Å². The number of aryl methyl sites for hydroxylation is 1. The van der Waals surface area contributed by atoms with Crippen molar-refractivity contribution in [1.82, 2.24) is 19.6 Å². The summed E-state index contributed by atoms with van der Waals surface area (Å²) in [5.41, 5.74) is 0.452. The van der Waals surface area contributed by atoms with E-state index in [9.17, 15) is 17.6 Å². The Balaban J connectivity index is 1.99. The lowest BCUT2D eigenvalue weighted by atomic mass is 10.0. The van der Waals surface area contributed by atoms with Gasteiger partial charge in [-0.25, -0.2) is 22.5 Å². The Morgan fingerprint density at radius 2 is 1.94 bits per heavy atom. The van der Waals surface area contributed by atoms with Crippen molar-refractivity contribution in [1.29, 1.82) is 0 Å². The molecule has 164 valence electrons. The summed E-state index contributed by atoms with van der Waals surface area (Å²) in [5.74, 6) is -0.610. The van der Waals surface area contributed by atoms with Crippen molar-refractivity contribution in [3.05, 3.63) is 82.6 Å². The first-order valence-corrected chi connectivity index (χ1v) is 11.3. The normalized spacial score (nSPS) is 12.7. The predicted octanol–water partition coefficient (Wildman–Crippen LogP) is 3.42. The standard InChI is InChI=1S/C21H22ClFN4O3S/c1-13(2)26-31(29,30)16-7-8-18(22)17(12-16)21(28)25-19(20-24-9-10-27(20)3)14-5-4-6-15(23)11-14/h4-13,19,26H,1-3H3,(H,25,28). The smallest absolute Gasteiger partial charge is 0.253 e. The fourth-order valence-electron chi connectivity index (χ4n) is 3.07. The van der Waals surface area contributed by atoms with E-state index in [-0.39, 0.29) is 21.5 Å². The van der Waals surface area contributed by atoms with Gasteiger partial charge in [0.15, 0.2) is 0 Å². The molecule has 1 aromatic heterocycles. The van der Waals surface area contributed by atoms with E-state index in [0.29, 0.717) is 11.4 Å². The van der Waals surface area contributed by atoms with Crippen LogP contribution >= 0.6 is 11.6 Å². The van der Waals surface area contributed by atoms with Gasteiger partial charge in [0.25, 0.3) is 5.91 Å². The summed E-state index contributed by atoms with van der Waals surface area (Å²) in [5, 5.41) is 2.87. The van der Waals surface area contributed by atoms with Crippen LogP contribution < -0.4 is 10.0 Å². The number of carbonyl (C=O) groups excluding carboxylic acids is 1. The molecular formula is C21H22ClFN4O3S. The third kappa shape index (κ3) is 5.30. The molecular weight excluding hydrogens is 443 g/mol. The average molecular weight is 465 g/mol. The molecule has 0 aliphatic rings. The van der Waals surface area contributed by atoms with Crippen molar-refractivity contribution < 1.29 is 17.6 Å². The number of imidazole rings is 1. The third-order valence-corrected chi connectivity index (χ3v) is 6.44. The number of aromatic nitrogens is 2. The second-order valence-corrected chi connectivity index (χ2v) is 9.40. The highest BCUT2D eigenvalue weighted by atomic mass is 35.5. The molecule has 1 amide bonds. The topological polar surface area (TPSA) is 93.1 Å². The van der Waals surface area contributed by atoms with E-state index in [1.54, 1.807) is 43.9 Å². The lowest BCUT2D eigenvalue weighted by Gasteiger charge is -2.20. The van der Waals surface area contributed by atoms with Gasteiger partial charge in [0, 0.05) is 25.5 Å². The molecule has 0 bridgehead atoms. The van der Waals surface area contributed by atoms with Gasteiger partial charge in [-0.05, 0) is 49.7 Å². The van der Waals surface area contributed by atoms with Gasteiger partial charge >= 0.3 is 0 Å². The summed E-state index contributed by atoms with van der Waals surface area (Å²) in [7, 11) is -2.07. The molecule has 1 atom stereocenters. The van der Waals surface area contributed by atoms with Gasteiger partial charge in [-0.15, -0.1) is 0 Å². The van der Waals surface area contributed by atoms with E-state index in [2.05, 4.69) is 15.0 Å². The first kappa shape index (κ1) is 22.9. The minimum Gasteiger partial charge on any atom is -0.338 e. The van der Waals surface area contributed by atoms with E-state index in [4.69, 9.17) is 11.6 Å². The van der Waals surface area contributed by atoms with Crippen LogP contribution in [0.4, 0.5) is 4.39 Å². The van der Waals surface area contributed by atoms with Crippen molar-refractivity contribution in [3.8, 4) is 0 Å². The Morgan fingerprint density at radius 3 is 2.55 bits per heavy atom. The highest BCUT2D eigenvalue weighted by Crippen LogP contribution is 2.25. The van der Waals surface area contributed by atoms with Crippen LogP contribution in [-0.4, -0.2) is 29.9 Å². The Bertz CT molecular complexity index is 1210. The molecule has 10 heteroatoms. The fraction of sp³-hybridized carbons (Fsp3) is 0.238. The number of amides is 1. The molecule has 3 aromatic rings. The number of sulfonamides is 1. The summed E-state index contributed by atoms with van der Waals surface area (Å²) in [4.78, 5) is 17.3. The zero-order valence-corrected chi connectivity index (χ0v) is 18.7. The Hall–Kier alpha value is -2.75. The maximum Gasteiger partial charge on any atom is 0.253 e. The molecule has 1 unspecified atom stereocenters. The fourth-order valence-corrected chi connectivity index (χ4v) is 4.55. The summed E-state index contributed by atoms with van der Waals surface area (Å²) < 4.78 is 43.0. The summed E-state index contributed by atoms with van der Waals surface area (Å²) >= 11 is 6.20. The number of rotatable bonds is 7. The number of nitrogens with zero attached hydrogens (tertiary/aromatic N) is 2. The molecule has 2 aromatic carbocycles. The van der Waals surface area contributed by atoms with Crippen molar-refractivity contribution in [3.63, 3.8) is 0 Å². The van der Waals surface area contributed by atoms with E-state index in [1.165, 1.54) is 36.4 Å². The Kier molecular flexibility index (Phi) is 6.78. The summed E-state index contributed by atoms with van der Waals surface area (Å²) in [6.45, 7) is 3.38. The van der Waals surface area contributed by atoms with Gasteiger partial charge in [-0.2, -0.15) is 0 Å². The van der Waals surface area contributed by atoms with Crippen LogP contribution in [0, 0.1) is 5.82 Å². The molecule has 0 saturated carbocycles. The molecule has 0 aliphatic heterocycles. The zero-order valence-electron chi connectivity index (χ0n) is 17.1. The molecule has 0 radical (unpaired) electrons. The van der Waals surface area contributed by atoms with Gasteiger partial charge in [0.05, 0.1) is 15.5 Å². The molecule has 31 heavy (non-hydrogen) atoms. The number of nitrogens with one attached hydrogen (secondary N) is 2. The van der Waals surface area contributed by atoms with Crippen LogP contribution in [0.5, 0.6) is 0 Å². The monoisotopic (exact) mass is 464 g/mol. The number of carbonyl (C=O) groups is 1. The Labute approximate surface area is 185 Å². The number of halogens is 2. The molecule has 0 saturated heterocycles. The maximum atomic E-state index is 13.8. The largest absolute Gasteiger partial charge is 0.338 e. The zero-order chi connectivity index (χ0) is 22.8. The number of benzene rings is 2.